The van der Waals surface area contributed by atoms with E-state index in [1.54, 1.807) is 6.20 Å². The molecule has 1 aliphatic carbocycles. The van der Waals surface area contributed by atoms with Gasteiger partial charge in [-0.3, -0.25) is 9.59 Å². The topological polar surface area (TPSA) is 103 Å². The predicted molar refractivity (Wildman–Crippen MR) is 145 cm³/mol. The van der Waals surface area contributed by atoms with Crippen molar-refractivity contribution in [3.05, 3.63) is 54.5 Å². The van der Waals surface area contributed by atoms with Gasteiger partial charge in [0.25, 0.3) is 0 Å². The summed E-state index contributed by atoms with van der Waals surface area (Å²) in [6, 6.07) is 10.1. The quantitative estimate of drug-likeness (QED) is 0.620. The molecule has 2 aromatic rings. The molecule has 1 N–H and O–H groups in total. The van der Waals surface area contributed by atoms with Gasteiger partial charge in [0.15, 0.2) is 0 Å². The summed E-state index contributed by atoms with van der Waals surface area (Å²) in [5.74, 6) is -1.10. The van der Waals surface area contributed by atoms with Crippen molar-refractivity contribution in [2.45, 2.75) is 49.5 Å². The molecular formula is C28H36FN5O4S. The Morgan fingerprint density at radius 1 is 0.949 bits per heavy atom. The summed E-state index contributed by atoms with van der Waals surface area (Å²) in [5.41, 5.74) is 0. The Labute approximate surface area is 229 Å². The normalized spacial score (nSPS) is 25.5. The summed E-state index contributed by atoms with van der Waals surface area (Å²) in [7, 11) is -4.08. The number of hydrogen-bond donors (Lipinski definition) is 1. The molecular weight excluding hydrogens is 521 g/mol. The largest absolute Gasteiger partial charge is 0.356 e. The number of amides is 2. The van der Waals surface area contributed by atoms with Crippen LogP contribution in [-0.2, 0) is 19.6 Å². The molecule has 3 fully saturated rings. The maximum absolute atomic E-state index is 14.0. The van der Waals surface area contributed by atoms with Crippen molar-refractivity contribution in [1.29, 1.82) is 0 Å². The second-order valence-corrected chi connectivity index (χ2v) is 12.5. The van der Waals surface area contributed by atoms with Crippen LogP contribution in [0.3, 0.4) is 0 Å². The zero-order valence-electron chi connectivity index (χ0n) is 22.0. The number of halogens is 1. The van der Waals surface area contributed by atoms with Crippen molar-refractivity contribution in [3.63, 3.8) is 0 Å². The third-order valence-electron chi connectivity index (χ3n) is 8.16. The summed E-state index contributed by atoms with van der Waals surface area (Å²) in [6.45, 7) is 3.16. The van der Waals surface area contributed by atoms with E-state index >= 15 is 0 Å². The molecule has 1 aromatic heterocycles. The minimum Gasteiger partial charge on any atom is -0.356 e. The third-order valence-corrected chi connectivity index (χ3v) is 10.1. The fourth-order valence-electron chi connectivity index (χ4n) is 6.09. The van der Waals surface area contributed by atoms with Gasteiger partial charge < -0.3 is 15.1 Å². The van der Waals surface area contributed by atoms with E-state index in [1.165, 1.54) is 22.5 Å². The molecule has 11 heteroatoms. The van der Waals surface area contributed by atoms with Gasteiger partial charge in [-0.15, -0.1) is 0 Å². The average Bonchev–Trinajstić information content (AvgIpc) is 3.38. The Hall–Kier alpha value is -3.05. The van der Waals surface area contributed by atoms with Gasteiger partial charge in [0, 0.05) is 57.4 Å². The Morgan fingerprint density at radius 3 is 2.49 bits per heavy atom. The van der Waals surface area contributed by atoms with E-state index in [9.17, 15) is 22.4 Å². The number of anilines is 1. The van der Waals surface area contributed by atoms with Crippen molar-refractivity contribution in [3.8, 4) is 0 Å². The zero-order valence-corrected chi connectivity index (χ0v) is 22.9. The molecule has 0 spiro atoms. The number of pyridine rings is 1. The lowest BCUT2D eigenvalue weighted by molar-refractivity contribution is -0.135. The Balaban J connectivity index is 1.36. The molecule has 3 heterocycles. The van der Waals surface area contributed by atoms with E-state index in [4.69, 9.17) is 0 Å². The molecule has 3 aliphatic rings. The first-order valence-corrected chi connectivity index (χ1v) is 15.3. The van der Waals surface area contributed by atoms with Crippen LogP contribution in [0.5, 0.6) is 0 Å². The molecule has 210 valence electrons. The highest BCUT2D eigenvalue weighted by Gasteiger charge is 2.48. The van der Waals surface area contributed by atoms with Gasteiger partial charge in [-0.1, -0.05) is 25.0 Å². The molecule has 1 aromatic carbocycles. The van der Waals surface area contributed by atoms with E-state index in [2.05, 4.69) is 15.2 Å². The molecule has 5 rings (SSSR count). The minimum absolute atomic E-state index is 0.0360. The van der Waals surface area contributed by atoms with Gasteiger partial charge in [-0.05, 0) is 56.0 Å². The first kappa shape index (κ1) is 27.5. The Kier molecular flexibility index (Phi) is 8.46. The van der Waals surface area contributed by atoms with Crippen LogP contribution in [0.25, 0.3) is 0 Å². The number of carbonyl (C=O) groups is 2. The molecule has 3 unspecified atom stereocenters. The van der Waals surface area contributed by atoms with E-state index in [-0.39, 0.29) is 29.7 Å². The van der Waals surface area contributed by atoms with Crippen LogP contribution in [0, 0.1) is 17.7 Å². The number of hydrogen-bond acceptors (Lipinski definition) is 6. The molecule has 3 atom stereocenters. The Bertz CT molecular complexity index is 1270. The van der Waals surface area contributed by atoms with Crippen molar-refractivity contribution in [2.24, 2.45) is 11.8 Å². The average molecular weight is 558 g/mol. The molecule has 1 saturated carbocycles. The monoisotopic (exact) mass is 557 g/mol. The van der Waals surface area contributed by atoms with Gasteiger partial charge in [0.2, 0.25) is 21.8 Å². The maximum Gasteiger partial charge on any atom is 0.243 e. The lowest BCUT2D eigenvalue weighted by Crippen LogP contribution is -2.50. The second-order valence-electron chi connectivity index (χ2n) is 10.6. The first-order chi connectivity index (χ1) is 18.8. The molecule has 9 nitrogen and oxygen atoms in total. The van der Waals surface area contributed by atoms with Gasteiger partial charge in [-0.25, -0.2) is 17.8 Å². The molecule has 0 bridgehead atoms. The minimum atomic E-state index is -4.08. The Morgan fingerprint density at radius 2 is 1.74 bits per heavy atom. The number of benzene rings is 1. The van der Waals surface area contributed by atoms with Crippen molar-refractivity contribution in [2.75, 3.05) is 44.2 Å². The molecule has 0 radical (unpaired) electrons. The number of piperazine rings is 1. The molecule has 39 heavy (non-hydrogen) atoms. The van der Waals surface area contributed by atoms with Gasteiger partial charge >= 0.3 is 0 Å². The third kappa shape index (κ3) is 6.09. The number of aromatic nitrogens is 1. The van der Waals surface area contributed by atoms with Crippen LogP contribution in [0.15, 0.2) is 53.6 Å². The zero-order chi connectivity index (χ0) is 27.4. The van der Waals surface area contributed by atoms with Gasteiger partial charge in [0.1, 0.15) is 11.6 Å². The van der Waals surface area contributed by atoms with Crippen LogP contribution in [0.4, 0.5) is 10.2 Å². The van der Waals surface area contributed by atoms with E-state index < -0.39 is 33.7 Å². The summed E-state index contributed by atoms with van der Waals surface area (Å²) in [4.78, 5) is 35.2. The van der Waals surface area contributed by atoms with Gasteiger partial charge in [-0.2, -0.15) is 4.31 Å². The first-order valence-electron chi connectivity index (χ1n) is 13.8. The standard InChI is InChI=1S/C28H36FN5O4S/c29-22-8-7-9-23(20-22)39(37,38)34-13-6-2-1-4-12-31-27(35)24-18-21(19-25(24)34)28(36)33-16-14-32(15-17-33)26-10-3-5-11-30-26/h3,5,7-11,20-21,24-25H,1-2,4,6,12-19H2,(H,31,35). The van der Waals surface area contributed by atoms with Crippen molar-refractivity contribution < 1.29 is 22.4 Å². The highest BCUT2D eigenvalue weighted by molar-refractivity contribution is 7.89. The molecule has 2 aliphatic heterocycles. The van der Waals surface area contributed by atoms with Crippen molar-refractivity contribution >= 4 is 27.7 Å². The second kappa shape index (κ2) is 12.0. The maximum atomic E-state index is 14.0. The number of sulfonamides is 1. The lowest BCUT2D eigenvalue weighted by Gasteiger charge is -2.36. The fourth-order valence-corrected chi connectivity index (χ4v) is 7.83. The van der Waals surface area contributed by atoms with Crippen LogP contribution in [0.1, 0.15) is 38.5 Å². The number of carbonyl (C=O) groups excluding carboxylic acids is 2. The highest BCUT2D eigenvalue weighted by atomic mass is 32.2. The van der Waals surface area contributed by atoms with Crippen molar-refractivity contribution in [1.82, 2.24) is 19.5 Å². The molecule has 2 amide bonds. The summed E-state index contributed by atoms with van der Waals surface area (Å²) in [5, 5.41) is 2.98. The predicted octanol–water partition coefficient (Wildman–Crippen LogP) is 2.65. The summed E-state index contributed by atoms with van der Waals surface area (Å²) < 4.78 is 43.0. The number of rotatable bonds is 4. The summed E-state index contributed by atoms with van der Waals surface area (Å²) in [6.07, 6.45) is 5.49. The van der Waals surface area contributed by atoms with E-state index in [0.29, 0.717) is 45.6 Å². The van der Waals surface area contributed by atoms with E-state index in [0.717, 1.165) is 31.1 Å². The summed E-state index contributed by atoms with van der Waals surface area (Å²) >= 11 is 0. The van der Waals surface area contributed by atoms with E-state index in [1.807, 2.05) is 23.1 Å². The SMILES string of the molecule is O=C1NCCCCCCN(S(=O)(=O)c2cccc(F)c2)C2CC(C(=O)N3CCN(c4ccccn4)CC3)CC12. The number of nitrogens with one attached hydrogen (secondary N) is 1. The molecule has 2 saturated heterocycles. The number of fused-ring (bicyclic) bond motifs is 1. The van der Waals surface area contributed by atoms with Crippen LogP contribution >= 0.6 is 0 Å². The van der Waals surface area contributed by atoms with Crippen LogP contribution in [0.2, 0.25) is 0 Å². The highest BCUT2D eigenvalue weighted by Crippen LogP contribution is 2.39. The fraction of sp³-hybridized carbons (Fsp3) is 0.536. The lowest BCUT2D eigenvalue weighted by atomic mass is 10.0. The van der Waals surface area contributed by atoms with Crippen LogP contribution < -0.4 is 10.2 Å². The number of nitrogens with zero attached hydrogens (tertiary/aromatic N) is 4. The van der Waals surface area contributed by atoms with Crippen LogP contribution in [-0.4, -0.2) is 79.7 Å². The smallest absolute Gasteiger partial charge is 0.243 e. The van der Waals surface area contributed by atoms with Gasteiger partial charge in [0.05, 0.1) is 10.8 Å².